The molecule has 0 spiro atoms. The molecule has 4 atom stereocenters. The minimum Gasteiger partial charge on any atom is -0.393 e. The number of amides is 1. The molecule has 16 heavy (non-hydrogen) atoms. The average Bonchev–Trinajstić information content (AvgIpc) is 2.96. The van der Waals surface area contributed by atoms with E-state index >= 15 is 0 Å². The summed E-state index contributed by atoms with van der Waals surface area (Å²) in [5, 5.41) is 13.1. The topological polar surface area (TPSA) is 52.6 Å². The van der Waals surface area contributed by atoms with Crippen LogP contribution in [0.5, 0.6) is 0 Å². The zero-order valence-electron chi connectivity index (χ0n) is 9.56. The van der Waals surface area contributed by atoms with Gasteiger partial charge in [-0.1, -0.05) is 0 Å². The molecule has 2 aliphatic heterocycles. The van der Waals surface area contributed by atoms with Crippen molar-refractivity contribution in [2.45, 2.75) is 37.8 Å². The molecule has 2 heterocycles. The van der Waals surface area contributed by atoms with Crippen LogP contribution in [0.25, 0.3) is 0 Å². The number of rotatable bonds is 1. The van der Waals surface area contributed by atoms with Crippen LogP contribution in [-0.2, 0) is 4.79 Å². The molecule has 4 nitrogen and oxygen atoms in total. The molecule has 0 aromatic carbocycles. The van der Waals surface area contributed by atoms with E-state index in [0.29, 0.717) is 11.8 Å². The lowest BCUT2D eigenvalue weighted by molar-refractivity contribution is -0.132. The molecule has 4 heteroatoms. The van der Waals surface area contributed by atoms with Crippen LogP contribution in [0.3, 0.4) is 0 Å². The molecule has 3 aliphatic rings. The van der Waals surface area contributed by atoms with Gasteiger partial charge in [0.1, 0.15) is 0 Å². The summed E-state index contributed by atoms with van der Waals surface area (Å²) in [6, 6.07) is 0.0518. The summed E-state index contributed by atoms with van der Waals surface area (Å²) in [6.45, 7) is 2.63. The maximum atomic E-state index is 12.2. The van der Waals surface area contributed by atoms with E-state index in [0.717, 1.165) is 45.3 Å². The Hall–Kier alpha value is -0.610. The molecule has 3 fully saturated rings. The van der Waals surface area contributed by atoms with E-state index in [2.05, 4.69) is 5.32 Å². The van der Waals surface area contributed by atoms with Crippen LogP contribution in [0, 0.1) is 11.8 Å². The van der Waals surface area contributed by atoms with Crippen molar-refractivity contribution in [2.24, 2.45) is 11.8 Å². The maximum absolute atomic E-state index is 12.2. The van der Waals surface area contributed by atoms with Gasteiger partial charge in [0.05, 0.1) is 12.1 Å². The monoisotopic (exact) mass is 224 g/mol. The van der Waals surface area contributed by atoms with Gasteiger partial charge in [0.25, 0.3) is 0 Å². The second-order valence-electron chi connectivity index (χ2n) is 5.46. The van der Waals surface area contributed by atoms with Crippen molar-refractivity contribution in [2.75, 3.05) is 19.6 Å². The quantitative estimate of drug-likeness (QED) is 0.657. The van der Waals surface area contributed by atoms with E-state index in [9.17, 15) is 9.90 Å². The molecule has 0 aromatic rings. The molecule has 90 valence electrons. The van der Waals surface area contributed by atoms with Gasteiger partial charge in [-0.15, -0.1) is 0 Å². The summed E-state index contributed by atoms with van der Waals surface area (Å²) in [4.78, 5) is 14.1. The summed E-state index contributed by atoms with van der Waals surface area (Å²) in [5.74, 6) is 1.17. The van der Waals surface area contributed by atoms with Gasteiger partial charge < -0.3 is 15.3 Å². The van der Waals surface area contributed by atoms with Gasteiger partial charge in [-0.25, -0.2) is 0 Å². The van der Waals surface area contributed by atoms with Gasteiger partial charge in [0, 0.05) is 19.0 Å². The van der Waals surface area contributed by atoms with E-state index in [-0.39, 0.29) is 18.1 Å². The van der Waals surface area contributed by atoms with Crippen LogP contribution in [0.4, 0.5) is 0 Å². The van der Waals surface area contributed by atoms with Gasteiger partial charge in [-0.3, -0.25) is 4.79 Å². The van der Waals surface area contributed by atoms with Crippen LogP contribution >= 0.6 is 0 Å². The number of aliphatic hydroxyl groups excluding tert-OH is 1. The number of carbonyl (C=O) groups is 1. The number of hydrogen-bond donors (Lipinski definition) is 2. The van der Waals surface area contributed by atoms with E-state index in [1.165, 1.54) is 0 Å². The molecule has 0 radical (unpaired) electrons. The molecule has 1 amide bonds. The molecule has 2 N–H and O–H groups in total. The number of nitrogens with zero attached hydrogens (tertiary/aromatic N) is 1. The van der Waals surface area contributed by atoms with E-state index in [1.54, 1.807) is 0 Å². The summed E-state index contributed by atoms with van der Waals surface area (Å²) in [7, 11) is 0. The van der Waals surface area contributed by atoms with Crippen molar-refractivity contribution in [3.05, 3.63) is 0 Å². The molecule has 0 bridgehead atoms. The SMILES string of the molecule is O=C([C@@H]1CCCN1)N1CC2CCC(O)C2C1. The fourth-order valence-corrected chi connectivity index (χ4v) is 3.53. The number of carbonyl (C=O) groups excluding carboxylic acids is 1. The lowest BCUT2D eigenvalue weighted by Crippen LogP contribution is -2.43. The Morgan fingerprint density at radius 3 is 2.81 bits per heavy atom. The van der Waals surface area contributed by atoms with Crippen LogP contribution < -0.4 is 5.32 Å². The molecule has 0 aromatic heterocycles. The third-order valence-electron chi connectivity index (χ3n) is 4.49. The Morgan fingerprint density at radius 2 is 2.12 bits per heavy atom. The second-order valence-corrected chi connectivity index (χ2v) is 5.46. The van der Waals surface area contributed by atoms with Gasteiger partial charge >= 0.3 is 0 Å². The van der Waals surface area contributed by atoms with E-state index < -0.39 is 0 Å². The van der Waals surface area contributed by atoms with Crippen LogP contribution in [0.15, 0.2) is 0 Å². The average molecular weight is 224 g/mol. The molecular weight excluding hydrogens is 204 g/mol. The normalized spacial score (nSPS) is 42.7. The largest absolute Gasteiger partial charge is 0.393 e. The number of likely N-dealkylation sites (tertiary alicyclic amines) is 1. The zero-order valence-corrected chi connectivity index (χ0v) is 9.56. The first-order valence-electron chi connectivity index (χ1n) is 6.46. The number of hydrogen-bond acceptors (Lipinski definition) is 3. The highest BCUT2D eigenvalue weighted by atomic mass is 16.3. The first kappa shape index (κ1) is 10.5. The van der Waals surface area contributed by atoms with Crippen molar-refractivity contribution in [3.63, 3.8) is 0 Å². The Balaban J connectivity index is 1.63. The smallest absolute Gasteiger partial charge is 0.239 e. The van der Waals surface area contributed by atoms with Gasteiger partial charge in [0.15, 0.2) is 0 Å². The Bertz CT molecular complexity index is 289. The molecule has 2 saturated heterocycles. The van der Waals surface area contributed by atoms with Crippen molar-refractivity contribution >= 4 is 5.91 Å². The zero-order chi connectivity index (χ0) is 11.1. The van der Waals surface area contributed by atoms with Crippen molar-refractivity contribution in [1.82, 2.24) is 10.2 Å². The minimum absolute atomic E-state index is 0.0518. The van der Waals surface area contributed by atoms with Crippen molar-refractivity contribution < 1.29 is 9.90 Å². The third-order valence-corrected chi connectivity index (χ3v) is 4.49. The number of nitrogens with one attached hydrogen (secondary N) is 1. The predicted molar refractivity (Wildman–Crippen MR) is 59.8 cm³/mol. The first-order chi connectivity index (χ1) is 7.75. The van der Waals surface area contributed by atoms with Crippen LogP contribution in [0.2, 0.25) is 0 Å². The summed E-state index contributed by atoms with van der Waals surface area (Å²) >= 11 is 0. The Kier molecular flexibility index (Phi) is 2.64. The van der Waals surface area contributed by atoms with Crippen LogP contribution in [0.1, 0.15) is 25.7 Å². The second kappa shape index (κ2) is 4.00. The van der Waals surface area contributed by atoms with Crippen molar-refractivity contribution in [1.29, 1.82) is 0 Å². The van der Waals surface area contributed by atoms with Crippen LogP contribution in [-0.4, -0.2) is 47.7 Å². The fourth-order valence-electron chi connectivity index (χ4n) is 3.53. The summed E-state index contributed by atoms with van der Waals surface area (Å²) in [5.41, 5.74) is 0. The Morgan fingerprint density at radius 1 is 1.25 bits per heavy atom. The highest BCUT2D eigenvalue weighted by Gasteiger charge is 2.44. The van der Waals surface area contributed by atoms with E-state index in [1.807, 2.05) is 4.90 Å². The van der Waals surface area contributed by atoms with Gasteiger partial charge in [-0.05, 0) is 38.1 Å². The third kappa shape index (κ3) is 1.64. The lowest BCUT2D eigenvalue weighted by atomic mass is 10.00. The maximum Gasteiger partial charge on any atom is 0.239 e. The number of fused-ring (bicyclic) bond motifs is 1. The first-order valence-corrected chi connectivity index (χ1v) is 6.46. The van der Waals surface area contributed by atoms with Gasteiger partial charge in [-0.2, -0.15) is 0 Å². The molecule has 3 unspecified atom stereocenters. The lowest BCUT2D eigenvalue weighted by Gasteiger charge is -2.22. The summed E-state index contributed by atoms with van der Waals surface area (Å²) < 4.78 is 0. The highest BCUT2D eigenvalue weighted by molar-refractivity contribution is 5.82. The highest BCUT2D eigenvalue weighted by Crippen LogP contribution is 2.38. The molecule has 3 rings (SSSR count). The minimum atomic E-state index is -0.167. The Labute approximate surface area is 96.0 Å². The molecule has 1 aliphatic carbocycles. The summed E-state index contributed by atoms with van der Waals surface area (Å²) in [6.07, 6.45) is 3.94. The molecular formula is C12H20N2O2. The van der Waals surface area contributed by atoms with Gasteiger partial charge in [0.2, 0.25) is 5.91 Å². The fraction of sp³-hybridized carbons (Fsp3) is 0.917. The number of aliphatic hydroxyl groups is 1. The standard InChI is InChI=1S/C12H20N2O2/c15-11-4-3-8-6-14(7-9(8)11)12(16)10-2-1-5-13-10/h8-11,13,15H,1-7H2/t8?,9?,10-,11?/m0/s1. The van der Waals surface area contributed by atoms with Crippen molar-refractivity contribution in [3.8, 4) is 0 Å². The van der Waals surface area contributed by atoms with E-state index in [4.69, 9.17) is 0 Å². The predicted octanol–water partition coefficient (Wildman–Crippen LogP) is -0.0323. The molecule has 1 saturated carbocycles.